The minimum absolute atomic E-state index is 0. The Morgan fingerprint density at radius 3 is 2.58 bits per heavy atom. The van der Waals surface area contributed by atoms with E-state index < -0.39 is 0 Å². The van der Waals surface area contributed by atoms with Crippen molar-refractivity contribution < 1.29 is 9.53 Å². The third kappa shape index (κ3) is 4.68. The highest BCUT2D eigenvalue weighted by atomic mass is 35.5. The van der Waals surface area contributed by atoms with Crippen LogP contribution in [0.2, 0.25) is 10.0 Å². The highest BCUT2D eigenvalue weighted by Crippen LogP contribution is 2.39. The summed E-state index contributed by atoms with van der Waals surface area (Å²) in [7, 11) is 1.40. The van der Waals surface area contributed by atoms with Crippen molar-refractivity contribution >= 4 is 53.3 Å². The van der Waals surface area contributed by atoms with Crippen molar-refractivity contribution in [2.45, 2.75) is 23.5 Å². The van der Waals surface area contributed by atoms with E-state index >= 15 is 0 Å². The summed E-state index contributed by atoms with van der Waals surface area (Å²) in [5.41, 5.74) is 3.93. The number of thioether (sulfide) groups is 1. The van der Waals surface area contributed by atoms with Gasteiger partial charge in [-0.05, 0) is 54.8 Å². The van der Waals surface area contributed by atoms with E-state index in [1.807, 2.05) is 24.3 Å². The summed E-state index contributed by atoms with van der Waals surface area (Å²) in [6.45, 7) is 1.83. The summed E-state index contributed by atoms with van der Waals surface area (Å²) in [4.78, 5) is 13.0. The van der Waals surface area contributed by atoms with Crippen LogP contribution in [0.25, 0.3) is 0 Å². The molecule has 0 fully saturated rings. The zero-order valence-electron chi connectivity index (χ0n) is 14.3. The number of carbonyl (C=O) groups is 1. The van der Waals surface area contributed by atoms with Gasteiger partial charge in [0, 0.05) is 15.7 Å². The molecule has 0 atom stereocenters. The van der Waals surface area contributed by atoms with Gasteiger partial charge in [0.25, 0.3) is 0 Å². The average Bonchev–Trinajstić information content (AvgIpc) is 2.87. The first-order valence-electron chi connectivity index (χ1n) is 8.11. The van der Waals surface area contributed by atoms with Crippen molar-refractivity contribution in [3.8, 4) is 0 Å². The summed E-state index contributed by atoms with van der Waals surface area (Å²) in [6, 6.07) is 9.34. The molecule has 1 aliphatic heterocycles. The maximum Gasteiger partial charge on any atom is 0.338 e. The largest absolute Gasteiger partial charge is 0.465 e. The first-order chi connectivity index (χ1) is 12.1. The molecule has 2 aromatic carbocycles. The topological polar surface area (TPSA) is 38.3 Å². The van der Waals surface area contributed by atoms with E-state index in [0.717, 1.165) is 41.4 Å². The minimum Gasteiger partial charge on any atom is -0.465 e. The van der Waals surface area contributed by atoms with Crippen LogP contribution in [0.1, 0.15) is 27.0 Å². The average molecular weight is 433 g/mol. The van der Waals surface area contributed by atoms with Gasteiger partial charge >= 0.3 is 5.97 Å². The second-order valence-electron chi connectivity index (χ2n) is 5.81. The van der Waals surface area contributed by atoms with Crippen LogP contribution >= 0.6 is 47.4 Å². The van der Waals surface area contributed by atoms with Gasteiger partial charge in [-0.25, -0.2) is 4.79 Å². The molecule has 0 bridgehead atoms. The van der Waals surface area contributed by atoms with Crippen LogP contribution in [0.3, 0.4) is 0 Å². The van der Waals surface area contributed by atoms with Crippen LogP contribution in [0.5, 0.6) is 0 Å². The molecule has 0 spiro atoms. The van der Waals surface area contributed by atoms with E-state index in [0.29, 0.717) is 16.3 Å². The van der Waals surface area contributed by atoms with Gasteiger partial charge in [0.05, 0.1) is 17.7 Å². The number of carbonyl (C=O) groups excluding carboxylic acids is 1. The molecular formula is C19H20Cl3NO2S. The molecule has 0 amide bonds. The van der Waals surface area contributed by atoms with Crippen molar-refractivity contribution in [2.75, 3.05) is 20.2 Å². The predicted octanol–water partition coefficient (Wildman–Crippen LogP) is 5.18. The molecule has 1 heterocycles. The van der Waals surface area contributed by atoms with Crippen LogP contribution in [0.15, 0.2) is 35.2 Å². The lowest BCUT2D eigenvalue weighted by molar-refractivity contribution is 0.0600. The Bertz CT molecular complexity index is 799. The molecule has 1 aliphatic rings. The van der Waals surface area contributed by atoms with Crippen molar-refractivity contribution in [3.63, 3.8) is 0 Å². The Morgan fingerprint density at radius 2 is 1.85 bits per heavy atom. The SMILES string of the molecule is COC(=O)c1ccccc1CSc1c(Cl)cc(Cl)c2c1CCNCC2.Cl. The highest BCUT2D eigenvalue weighted by molar-refractivity contribution is 7.98. The number of esters is 1. The number of halogens is 3. The molecule has 3 rings (SSSR count). The molecule has 140 valence electrons. The summed E-state index contributed by atoms with van der Waals surface area (Å²) in [6.07, 6.45) is 1.80. The van der Waals surface area contributed by atoms with E-state index in [9.17, 15) is 4.79 Å². The molecular weight excluding hydrogens is 413 g/mol. The molecule has 0 unspecified atom stereocenters. The lowest BCUT2D eigenvalue weighted by atomic mass is 10.0. The third-order valence-electron chi connectivity index (χ3n) is 4.30. The van der Waals surface area contributed by atoms with Crippen molar-refractivity contribution in [2.24, 2.45) is 0 Å². The number of ether oxygens (including phenoxy) is 1. The number of nitrogens with one attached hydrogen (secondary N) is 1. The van der Waals surface area contributed by atoms with E-state index in [4.69, 9.17) is 27.9 Å². The lowest BCUT2D eigenvalue weighted by Gasteiger charge is -2.16. The number of rotatable bonds is 4. The minimum atomic E-state index is -0.318. The number of hydrogen-bond acceptors (Lipinski definition) is 4. The fraction of sp³-hybridized carbons (Fsp3) is 0.316. The van der Waals surface area contributed by atoms with Crippen molar-refractivity contribution in [1.82, 2.24) is 5.32 Å². The molecule has 0 saturated heterocycles. The number of hydrogen-bond donors (Lipinski definition) is 1. The van der Waals surface area contributed by atoms with Gasteiger partial charge in [0.1, 0.15) is 0 Å². The molecule has 0 aromatic heterocycles. The zero-order chi connectivity index (χ0) is 17.8. The summed E-state index contributed by atoms with van der Waals surface area (Å²) < 4.78 is 4.88. The third-order valence-corrected chi connectivity index (χ3v) is 6.25. The molecule has 0 saturated carbocycles. The van der Waals surface area contributed by atoms with Crippen molar-refractivity contribution in [3.05, 3.63) is 62.6 Å². The van der Waals surface area contributed by atoms with Gasteiger partial charge in [-0.15, -0.1) is 24.2 Å². The molecule has 7 heteroatoms. The van der Waals surface area contributed by atoms with E-state index in [-0.39, 0.29) is 18.4 Å². The lowest BCUT2D eigenvalue weighted by Crippen LogP contribution is -2.16. The first kappa shape index (κ1) is 21.4. The van der Waals surface area contributed by atoms with Gasteiger partial charge in [0.15, 0.2) is 0 Å². The Hall–Kier alpha value is -0.910. The van der Waals surface area contributed by atoms with Crippen LogP contribution < -0.4 is 5.32 Å². The second-order valence-corrected chi connectivity index (χ2v) is 7.61. The maximum atomic E-state index is 12.0. The normalized spacial score (nSPS) is 13.3. The summed E-state index contributed by atoms with van der Waals surface area (Å²) >= 11 is 14.6. The Labute approximate surface area is 174 Å². The van der Waals surface area contributed by atoms with E-state index in [2.05, 4.69) is 5.32 Å². The van der Waals surface area contributed by atoms with Crippen LogP contribution in [-0.4, -0.2) is 26.2 Å². The fourth-order valence-electron chi connectivity index (χ4n) is 3.04. The summed E-state index contributed by atoms with van der Waals surface area (Å²) in [5, 5.41) is 4.81. The van der Waals surface area contributed by atoms with Crippen LogP contribution in [0.4, 0.5) is 0 Å². The number of benzene rings is 2. The molecule has 26 heavy (non-hydrogen) atoms. The van der Waals surface area contributed by atoms with Gasteiger partial charge in [-0.1, -0.05) is 41.4 Å². The Morgan fingerprint density at radius 1 is 1.15 bits per heavy atom. The van der Waals surface area contributed by atoms with Gasteiger partial charge in [0.2, 0.25) is 0 Å². The van der Waals surface area contributed by atoms with Gasteiger partial charge < -0.3 is 10.1 Å². The molecule has 3 nitrogen and oxygen atoms in total. The van der Waals surface area contributed by atoms with Crippen molar-refractivity contribution in [1.29, 1.82) is 0 Å². The maximum absolute atomic E-state index is 12.0. The van der Waals surface area contributed by atoms with E-state index in [1.165, 1.54) is 18.2 Å². The Balaban J connectivity index is 0.00000243. The molecule has 1 N–H and O–H groups in total. The molecule has 0 aliphatic carbocycles. The highest BCUT2D eigenvalue weighted by Gasteiger charge is 2.19. The van der Waals surface area contributed by atoms with Crippen LogP contribution in [-0.2, 0) is 23.3 Å². The van der Waals surface area contributed by atoms with Gasteiger partial charge in [-0.2, -0.15) is 0 Å². The fourth-order valence-corrected chi connectivity index (χ4v) is 4.95. The quantitative estimate of drug-likeness (QED) is 0.533. The monoisotopic (exact) mass is 431 g/mol. The van der Waals surface area contributed by atoms with Gasteiger partial charge in [-0.3, -0.25) is 0 Å². The Kier molecular flexibility index (Phi) is 8.11. The number of fused-ring (bicyclic) bond motifs is 1. The molecule has 0 radical (unpaired) electrons. The zero-order valence-corrected chi connectivity index (χ0v) is 17.5. The smallest absolute Gasteiger partial charge is 0.338 e. The van der Waals surface area contributed by atoms with E-state index in [1.54, 1.807) is 17.8 Å². The molecule has 2 aromatic rings. The summed E-state index contributed by atoms with van der Waals surface area (Å²) in [5.74, 6) is 0.327. The first-order valence-corrected chi connectivity index (χ1v) is 9.85. The second kappa shape index (κ2) is 9.86. The number of methoxy groups -OCH3 is 1. The van der Waals surface area contributed by atoms with Crippen LogP contribution in [0, 0.1) is 0 Å². The standard InChI is InChI=1S/C19H19Cl2NO2S.ClH/c1-24-19(23)13-5-3-2-4-12(13)11-25-18-15-7-9-22-8-6-14(15)16(20)10-17(18)21;/h2-5,10,22H,6-9,11H2,1H3;1H. The predicted molar refractivity (Wildman–Crippen MR) is 111 cm³/mol.